The molecule has 0 aliphatic rings. The Labute approximate surface area is 106 Å². The molecule has 0 heterocycles. The quantitative estimate of drug-likeness (QED) is 0.321. The largest absolute Gasteiger partial charge is 0.294 e. The van der Waals surface area contributed by atoms with Gasteiger partial charge in [-0.1, -0.05) is 30.3 Å². The van der Waals surface area contributed by atoms with E-state index in [4.69, 9.17) is 11.7 Å². The minimum atomic E-state index is -0.346. The zero-order valence-corrected chi connectivity index (χ0v) is 10.1. The molecule has 1 aromatic rings. The van der Waals surface area contributed by atoms with Gasteiger partial charge in [0.2, 0.25) is 11.8 Å². The van der Waals surface area contributed by atoms with E-state index in [0.717, 1.165) is 5.56 Å². The number of rotatable bonds is 6. The van der Waals surface area contributed by atoms with E-state index in [9.17, 15) is 9.59 Å². The fraction of sp³-hybridized carbons (Fsp3) is 0.333. The number of hydrogen-bond donors (Lipinski definition) is 4. The van der Waals surface area contributed by atoms with E-state index in [1.165, 1.54) is 0 Å². The van der Waals surface area contributed by atoms with E-state index in [-0.39, 0.29) is 24.2 Å². The molecule has 0 aromatic heterocycles. The van der Waals surface area contributed by atoms with Crippen molar-refractivity contribution in [2.45, 2.75) is 25.2 Å². The first-order valence-corrected chi connectivity index (χ1v) is 5.74. The maximum absolute atomic E-state index is 11.7. The van der Waals surface area contributed by atoms with Gasteiger partial charge in [0.05, 0.1) is 5.92 Å². The van der Waals surface area contributed by atoms with E-state index in [2.05, 4.69) is 10.9 Å². The van der Waals surface area contributed by atoms with E-state index in [0.29, 0.717) is 12.8 Å². The molecule has 6 heteroatoms. The van der Waals surface area contributed by atoms with Gasteiger partial charge in [0, 0.05) is 6.42 Å². The standard InChI is InChI=1S/C12H18N4O2/c13-15-11(17)8-4-7-10(12(18)16-14)9-5-2-1-3-6-9/h1-3,5-6,10H,4,7-8,13-14H2,(H,15,17)(H,16,18). The predicted molar refractivity (Wildman–Crippen MR) is 67.7 cm³/mol. The molecule has 0 saturated carbocycles. The molecule has 18 heavy (non-hydrogen) atoms. The summed E-state index contributed by atoms with van der Waals surface area (Å²) in [5.74, 6) is 9.31. The third-order valence-electron chi connectivity index (χ3n) is 2.72. The second-order valence-corrected chi connectivity index (χ2v) is 3.93. The van der Waals surface area contributed by atoms with Crippen LogP contribution in [0.5, 0.6) is 0 Å². The third kappa shape index (κ3) is 4.15. The molecule has 1 atom stereocenters. The Hall–Kier alpha value is -1.92. The SMILES string of the molecule is NNC(=O)CCCC(C(=O)NN)c1ccccc1. The van der Waals surface area contributed by atoms with E-state index >= 15 is 0 Å². The monoisotopic (exact) mass is 250 g/mol. The average Bonchev–Trinajstić information content (AvgIpc) is 2.43. The highest BCUT2D eigenvalue weighted by atomic mass is 16.2. The van der Waals surface area contributed by atoms with E-state index < -0.39 is 0 Å². The topological polar surface area (TPSA) is 110 Å². The molecule has 0 fully saturated rings. The lowest BCUT2D eigenvalue weighted by Crippen LogP contribution is -2.35. The number of nitrogens with one attached hydrogen (secondary N) is 2. The molecule has 6 N–H and O–H groups in total. The van der Waals surface area contributed by atoms with Crippen molar-refractivity contribution in [3.05, 3.63) is 35.9 Å². The van der Waals surface area contributed by atoms with Crippen molar-refractivity contribution in [3.8, 4) is 0 Å². The molecule has 98 valence electrons. The van der Waals surface area contributed by atoms with Gasteiger partial charge in [0.25, 0.3) is 0 Å². The molecule has 1 unspecified atom stereocenters. The normalized spacial score (nSPS) is 11.7. The Balaban J connectivity index is 2.63. The maximum Gasteiger partial charge on any atom is 0.241 e. The Bertz CT molecular complexity index is 394. The number of amides is 2. The molecule has 2 amide bonds. The molecule has 0 bridgehead atoms. The van der Waals surface area contributed by atoms with Crippen LogP contribution in [0.1, 0.15) is 30.7 Å². The van der Waals surface area contributed by atoms with Gasteiger partial charge in [0.15, 0.2) is 0 Å². The Morgan fingerprint density at radius 1 is 1.11 bits per heavy atom. The number of nitrogens with two attached hydrogens (primary N) is 2. The summed E-state index contributed by atoms with van der Waals surface area (Å²) in [4.78, 5) is 22.7. The van der Waals surface area contributed by atoms with Crippen LogP contribution in [-0.4, -0.2) is 11.8 Å². The van der Waals surface area contributed by atoms with Gasteiger partial charge in [-0.15, -0.1) is 0 Å². The molecule has 6 nitrogen and oxygen atoms in total. The van der Waals surface area contributed by atoms with Crippen molar-refractivity contribution in [1.82, 2.24) is 10.9 Å². The van der Waals surface area contributed by atoms with Crippen LogP contribution in [0.2, 0.25) is 0 Å². The summed E-state index contributed by atoms with van der Waals surface area (Å²) < 4.78 is 0. The minimum absolute atomic E-state index is 0.241. The van der Waals surface area contributed by atoms with Crippen molar-refractivity contribution in [2.75, 3.05) is 0 Å². The molecule has 1 aromatic carbocycles. The lowest BCUT2D eigenvalue weighted by molar-refractivity contribution is -0.124. The first-order valence-electron chi connectivity index (χ1n) is 5.74. The van der Waals surface area contributed by atoms with E-state index in [1.807, 2.05) is 30.3 Å². The fourth-order valence-electron chi connectivity index (χ4n) is 1.77. The molecular formula is C12H18N4O2. The third-order valence-corrected chi connectivity index (χ3v) is 2.72. The lowest BCUT2D eigenvalue weighted by atomic mass is 9.93. The number of benzene rings is 1. The molecule has 0 aliphatic carbocycles. The average molecular weight is 250 g/mol. The molecule has 1 rings (SSSR count). The van der Waals surface area contributed by atoms with Crippen LogP contribution in [0, 0.1) is 0 Å². The minimum Gasteiger partial charge on any atom is -0.294 e. The summed E-state index contributed by atoms with van der Waals surface area (Å²) in [6.45, 7) is 0. The van der Waals surface area contributed by atoms with Crippen LogP contribution < -0.4 is 22.5 Å². The molecule has 0 aliphatic heterocycles. The van der Waals surface area contributed by atoms with Crippen molar-refractivity contribution >= 4 is 11.8 Å². The molecular weight excluding hydrogens is 232 g/mol. The van der Waals surface area contributed by atoms with Gasteiger partial charge in [-0.2, -0.15) is 0 Å². The Morgan fingerprint density at radius 3 is 2.33 bits per heavy atom. The highest BCUT2D eigenvalue weighted by molar-refractivity contribution is 5.83. The lowest BCUT2D eigenvalue weighted by Gasteiger charge is -2.15. The van der Waals surface area contributed by atoms with Crippen LogP contribution in [0.25, 0.3) is 0 Å². The smallest absolute Gasteiger partial charge is 0.241 e. The predicted octanol–water partition coefficient (Wildman–Crippen LogP) is -0.0797. The van der Waals surface area contributed by atoms with Gasteiger partial charge in [-0.25, -0.2) is 11.7 Å². The van der Waals surface area contributed by atoms with E-state index in [1.54, 1.807) is 0 Å². The van der Waals surface area contributed by atoms with Crippen LogP contribution in [0.15, 0.2) is 30.3 Å². The van der Waals surface area contributed by atoms with Crippen molar-refractivity contribution in [2.24, 2.45) is 11.7 Å². The van der Waals surface area contributed by atoms with Crippen molar-refractivity contribution in [3.63, 3.8) is 0 Å². The highest BCUT2D eigenvalue weighted by Gasteiger charge is 2.19. The number of hydrazine groups is 2. The van der Waals surface area contributed by atoms with Gasteiger partial charge >= 0.3 is 0 Å². The van der Waals surface area contributed by atoms with Gasteiger partial charge in [-0.3, -0.25) is 20.4 Å². The zero-order chi connectivity index (χ0) is 13.4. The maximum atomic E-state index is 11.7. The molecule has 0 radical (unpaired) electrons. The van der Waals surface area contributed by atoms with Crippen LogP contribution >= 0.6 is 0 Å². The summed E-state index contributed by atoms with van der Waals surface area (Å²) in [6, 6.07) is 9.33. The summed E-state index contributed by atoms with van der Waals surface area (Å²) in [7, 11) is 0. The summed E-state index contributed by atoms with van der Waals surface area (Å²) in [5.41, 5.74) is 5.09. The summed E-state index contributed by atoms with van der Waals surface area (Å²) in [5, 5.41) is 0. The van der Waals surface area contributed by atoms with Gasteiger partial charge < -0.3 is 0 Å². The number of carbonyl (C=O) groups excluding carboxylic acids is 2. The highest BCUT2D eigenvalue weighted by Crippen LogP contribution is 2.21. The number of hydrogen-bond acceptors (Lipinski definition) is 4. The van der Waals surface area contributed by atoms with Gasteiger partial charge in [0.1, 0.15) is 0 Å². The van der Waals surface area contributed by atoms with Crippen LogP contribution in [0.3, 0.4) is 0 Å². The van der Waals surface area contributed by atoms with Crippen LogP contribution in [-0.2, 0) is 9.59 Å². The molecule has 0 spiro atoms. The number of carbonyl (C=O) groups is 2. The fourth-order valence-corrected chi connectivity index (χ4v) is 1.77. The second kappa shape index (κ2) is 7.41. The first-order chi connectivity index (χ1) is 8.69. The van der Waals surface area contributed by atoms with Crippen molar-refractivity contribution < 1.29 is 9.59 Å². The zero-order valence-electron chi connectivity index (χ0n) is 10.1. The van der Waals surface area contributed by atoms with Gasteiger partial charge in [-0.05, 0) is 18.4 Å². The van der Waals surface area contributed by atoms with Crippen molar-refractivity contribution in [1.29, 1.82) is 0 Å². The van der Waals surface area contributed by atoms with Crippen LogP contribution in [0.4, 0.5) is 0 Å². The molecule has 0 saturated heterocycles. The summed E-state index contributed by atoms with van der Waals surface area (Å²) >= 11 is 0. The summed E-state index contributed by atoms with van der Waals surface area (Å²) in [6.07, 6.45) is 1.40. The second-order valence-electron chi connectivity index (χ2n) is 3.93. The Morgan fingerprint density at radius 2 is 1.78 bits per heavy atom. The Kier molecular flexibility index (Phi) is 5.83. The first kappa shape index (κ1) is 14.1.